The number of hydrogen-bond acceptors (Lipinski definition) is 5. The summed E-state index contributed by atoms with van der Waals surface area (Å²) in [6, 6.07) is 7.76. The second kappa shape index (κ2) is 13.0. The molecule has 3 rings (SSSR count). The van der Waals surface area contributed by atoms with Crippen LogP contribution in [-0.4, -0.2) is 104 Å². The Kier molecular flexibility index (Phi) is 10.7. The first-order chi connectivity index (χ1) is 15.0. The fourth-order valence-electron chi connectivity index (χ4n) is 4.48. The number of piperazine rings is 1. The molecule has 0 bridgehead atoms. The van der Waals surface area contributed by atoms with Gasteiger partial charge in [-0.05, 0) is 63.7 Å². The highest BCUT2D eigenvalue weighted by Crippen LogP contribution is 2.18. The van der Waals surface area contributed by atoms with E-state index in [9.17, 15) is 9.59 Å². The van der Waals surface area contributed by atoms with Crippen molar-refractivity contribution in [3.63, 3.8) is 0 Å². The predicted octanol–water partition coefficient (Wildman–Crippen LogP) is 2.60. The summed E-state index contributed by atoms with van der Waals surface area (Å²) >= 11 is 0. The van der Waals surface area contributed by atoms with Crippen molar-refractivity contribution in [3.05, 3.63) is 29.8 Å². The van der Waals surface area contributed by atoms with Crippen LogP contribution in [0.25, 0.3) is 0 Å². The van der Waals surface area contributed by atoms with E-state index >= 15 is 0 Å². The van der Waals surface area contributed by atoms with Gasteiger partial charge in [0.2, 0.25) is 5.91 Å². The van der Waals surface area contributed by atoms with Gasteiger partial charge in [0, 0.05) is 44.3 Å². The van der Waals surface area contributed by atoms with Crippen molar-refractivity contribution < 1.29 is 14.3 Å². The molecule has 0 atom stereocenters. The molecule has 32 heavy (non-hydrogen) atoms. The van der Waals surface area contributed by atoms with E-state index in [0.717, 1.165) is 57.9 Å². The van der Waals surface area contributed by atoms with Crippen molar-refractivity contribution in [1.82, 2.24) is 19.6 Å². The molecule has 1 aromatic rings. The lowest BCUT2D eigenvalue weighted by Crippen LogP contribution is -2.55. The van der Waals surface area contributed by atoms with Gasteiger partial charge in [-0.3, -0.25) is 14.5 Å². The summed E-state index contributed by atoms with van der Waals surface area (Å²) in [6.45, 7) is 8.53. The van der Waals surface area contributed by atoms with Crippen LogP contribution in [0.2, 0.25) is 0 Å². The SMILES string of the molecule is CCCCN(CC(=O)N1CCN(C2CCN(C)CC2)CC1)C(=O)c1ccc(OC)cc1.Cl. The fourth-order valence-corrected chi connectivity index (χ4v) is 4.48. The zero-order chi connectivity index (χ0) is 22.2. The Hall–Kier alpha value is -1.83. The van der Waals surface area contributed by atoms with E-state index in [-0.39, 0.29) is 30.8 Å². The largest absolute Gasteiger partial charge is 0.497 e. The van der Waals surface area contributed by atoms with Crippen LogP contribution in [0.15, 0.2) is 24.3 Å². The van der Waals surface area contributed by atoms with Gasteiger partial charge >= 0.3 is 0 Å². The molecule has 2 heterocycles. The van der Waals surface area contributed by atoms with Crippen molar-refractivity contribution >= 4 is 24.2 Å². The zero-order valence-corrected chi connectivity index (χ0v) is 20.6. The number of piperidine rings is 1. The van der Waals surface area contributed by atoms with Gasteiger partial charge in [-0.1, -0.05) is 13.3 Å². The minimum absolute atomic E-state index is 0. The molecule has 0 spiro atoms. The van der Waals surface area contributed by atoms with Crippen LogP contribution < -0.4 is 4.74 Å². The summed E-state index contributed by atoms with van der Waals surface area (Å²) in [7, 11) is 3.79. The second-order valence-corrected chi connectivity index (χ2v) is 8.76. The Labute approximate surface area is 199 Å². The highest BCUT2D eigenvalue weighted by atomic mass is 35.5. The normalized spacial score (nSPS) is 18.2. The fraction of sp³-hybridized carbons (Fsp3) is 0.667. The van der Waals surface area contributed by atoms with E-state index in [0.29, 0.717) is 18.2 Å². The van der Waals surface area contributed by atoms with E-state index in [4.69, 9.17) is 4.74 Å². The molecule has 2 saturated heterocycles. The molecule has 0 unspecified atom stereocenters. The number of hydrogen-bond donors (Lipinski definition) is 0. The maximum atomic E-state index is 13.1. The van der Waals surface area contributed by atoms with Gasteiger partial charge in [0.25, 0.3) is 5.91 Å². The molecule has 0 N–H and O–H groups in total. The Morgan fingerprint density at radius 2 is 1.66 bits per heavy atom. The topological polar surface area (TPSA) is 56.3 Å². The maximum absolute atomic E-state index is 13.1. The molecule has 180 valence electrons. The number of rotatable bonds is 8. The molecule has 2 aliphatic heterocycles. The average molecular weight is 467 g/mol. The Bertz CT molecular complexity index is 714. The Morgan fingerprint density at radius 3 is 2.22 bits per heavy atom. The summed E-state index contributed by atoms with van der Waals surface area (Å²) in [6.07, 6.45) is 4.30. The highest BCUT2D eigenvalue weighted by molar-refractivity contribution is 5.96. The second-order valence-electron chi connectivity index (χ2n) is 8.76. The van der Waals surface area contributed by atoms with Gasteiger partial charge < -0.3 is 19.4 Å². The van der Waals surface area contributed by atoms with Gasteiger partial charge in [-0.15, -0.1) is 12.4 Å². The molecule has 0 aromatic heterocycles. The number of likely N-dealkylation sites (tertiary alicyclic amines) is 1. The summed E-state index contributed by atoms with van der Waals surface area (Å²) in [5, 5.41) is 0. The first-order valence-corrected chi connectivity index (χ1v) is 11.7. The third-order valence-corrected chi connectivity index (χ3v) is 6.60. The summed E-state index contributed by atoms with van der Waals surface area (Å²) < 4.78 is 5.18. The van der Waals surface area contributed by atoms with Crippen LogP contribution in [0.3, 0.4) is 0 Å². The monoisotopic (exact) mass is 466 g/mol. The van der Waals surface area contributed by atoms with Crippen molar-refractivity contribution in [1.29, 1.82) is 0 Å². The standard InChI is InChI=1S/C24H38N4O3.ClH/c1-4-5-12-28(24(30)20-6-8-22(31-3)9-7-20)19-23(29)27-17-15-26(16-18-27)21-10-13-25(2)14-11-21;/h6-9,21H,4-5,10-19H2,1-3H3;1H. The first-order valence-electron chi connectivity index (χ1n) is 11.7. The highest BCUT2D eigenvalue weighted by Gasteiger charge is 2.29. The van der Waals surface area contributed by atoms with Gasteiger partial charge in [0.1, 0.15) is 12.3 Å². The number of benzene rings is 1. The Balaban J connectivity index is 0.00000363. The quantitative estimate of drug-likeness (QED) is 0.589. The summed E-state index contributed by atoms with van der Waals surface area (Å²) in [5.74, 6) is 0.686. The zero-order valence-electron chi connectivity index (χ0n) is 19.8. The number of methoxy groups -OCH3 is 1. The van der Waals surface area contributed by atoms with Crippen LogP contribution in [0.5, 0.6) is 5.75 Å². The Morgan fingerprint density at radius 1 is 1.03 bits per heavy atom. The molecule has 0 aliphatic carbocycles. The summed E-state index contributed by atoms with van der Waals surface area (Å²) in [5.41, 5.74) is 0.594. The van der Waals surface area contributed by atoms with Gasteiger partial charge in [0.15, 0.2) is 0 Å². The predicted molar refractivity (Wildman–Crippen MR) is 130 cm³/mol. The third kappa shape index (κ3) is 7.09. The molecule has 2 fully saturated rings. The van der Waals surface area contributed by atoms with Gasteiger partial charge in [-0.25, -0.2) is 0 Å². The molecule has 2 amide bonds. The molecule has 1 aromatic carbocycles. The van der Waals surface area contributed by atoms with E-state index in [1.165, 1.54) is 12.8 Å². The minimum Gasteiger partial charge on any atom is -0.497 e. The number of unbranched alkanes of at least 4 members (excludes halogenated alkanes) is 1. The van der Waals surface area contributed by atoms with Crippen LogP contribution in [0.4, 0.5) is 0 Å². The van der Waals surface area contributed by atoms with Crippen molar-refractivity contribution in [2.24, 2.45) is 0 Å². The van der Waals surface area contributed by atoms with E-state index in [1.807, 2.05) is 4.90 Å². The number of nitrogens with zero attached hydrogens (tertiary/aromatic N) is 4. The molecule has 0 saturated carbocycles. The molecule has 7 nitrogen and oxygen atoms in total. The van der Waals surface area contributed by atoms with E-state index in [1.54, 1.807) is 36.3 Å². The van der Waals surface area contributed by atoms with Crippen molar-refractivity contribution in [3.8, 4) is 5.75 Å². The lowest BCUT2D eigenvalue weighted by atomic mass is 10.0. The van der Waals surface area contributed by atoms with Crippen LogP contribution >= 0.6 is 12.4 Å². The lowest BCUT2D eigenvalue weighted by Gasteiger charge is -2.42. The summed E-state index contributed by atoms with van der Waals surface area (Å²) in [4.78, 5) is 34.7. The number of carbonyl (C=O) groups is 2. The number of halogens is 1. The number of carbonyl (C=O) groups excluding carboxylic acids is 2. The van der Waals surface area contributed by atoms with E-state index < -0.39 is 0 Å². The molecular formula is C24H39ClN4O3. The van der Waals surface area contributed by atoms with Gasteiger partial charge in [0.05, 0.1) is 7.11 Å². The first kappa shape index (κ1) is 26.4. The molecular weight excluding hydrogens is 428 g/mol. The number of amides is 2. The third-order valence-electron chi connectivity index (χ3n) is 6.60. The van der Waals surface area contributed by atoms with E-state index in [2.05, 4.69) is 23.8 Å². The van der Waals surface area contributed by atoms with Crippen molar-refractivity contribution in [2.75, 3.05) is 66.5 Å². The molecule has 0 radical (unpaired) electrons. The molecule has 2 aliphatic rings. The average Bonchev–Trinajstić information content (AvgIpc) is 2.82. The minimum atomic E-state index is -0.0885. The van der Waals surface area contributed by atoms with Crippen molar-refractivity contribution in [2.45, 2.75) is 38.6 Å². The smallest absolute Gasteiger partial charge is 0.254 e. The van der Waals surface area contributed by atoms with Crippen LogP contribution in [0.1, 0.15) is 43.0 Å². The maximum Gasteiger partial charge on any atom is 0.254 e. The lowest BCUT2D eigenvalue weighted by molar-refractivity contribution is -0.134. The molecule has 8 heteroatoms. The van der Waals surface area contributed by atoms with Crippen LogP contribution in [-0.2, 0) is 4.79 Å². The van der Waals surface area contributed by atoms with Gasteiger partial charge in [-0.2, -0.15) is 0 Å². The number of ether oxygens (including phenoxy) is 1. The van der Waals surface area contributed by atoms with Crippen LogP contribution in [0, 0.1) is 0 Å².